The molecular weight excluding hydrogens is 278 g/mol. The number of aryl methyl sites for hydroxylation is 1. The lowest BCUT2D eigenvalue weighted by atomic mass is 10.00. The van der Waals surface area contributed by atoms with E-state index in [2.05, 4.69) is 5.32 Å². The maximum Gasteiger partial charge on any atom is 0.305 e. The molecule has 114 valence electrons. The van der Waals surface area contributed by atoms with Crippen molar-refractivity contribution < 1.29 is 14.7 Å². The van der Waals surface area contributed by atoms with Crippen molar-refractivity contribution in [3.05, 3.63) is 71.3 Å². The number of hydrogen-bond donors (Lipinski definition) is 2. The van der Waals surface area contributed by atoms with E-state index < -0.39 is 12.0 Å². The van der Waals surface area contributed by atoms with Crippen molar-refractivity contribution in [1.29, 1.82) is 0 Å². The topological polar surface area (TPSA) is 66.4 Å². The van der Waals surface area contributed by atoms with Gasteiger partial charge in [0.25, 0.3) is 0 Å². The number of Topliss-reactive ketones (excluding diaryl/α,β-unsaturated/α-hetero) is 1. The molecule has 0 bridgehead atoms. The molecule has 0 saturated heterocycles. The molecular formula is C18H19NO3. The highest BCUT2D eigenvalue weighted by atomic mass is 16.4. The quantitative estimate of drug-likeness (QED) is 0.771. The van der Waals surface area contributed by atoms with Crippen LogP contribution >= 0.6 is 0 Å². The standard InChI is InChI=1S/C18H19NO3/c1-13-7-9-15(10-8-13)18(22)16(11-17(20)21)19-12-14-5-3-2-4-6-14/h2-10,16,19H,11-12H2,1H3,(H,20,21). The Hall–Kier alpha value is -2.46. The summed E-state index contributed by atoms with van der Waals surface area (Å²) < 4.78 is 0. The van der Waals surface area contributed by atoms with Gasteiger partial charge in [0.05, 0.1) is 12.5 Å². The number of nitrogens with one attached hydrogen (secondary N) is 1. The summed E-state index contributed by atoms with van der Waals surface area (Å²) in [5.41, 5.74) is 2.59. The number of carbonyl (C=O) groups is 2. The van der Waals surface area contributed by atoms with Gasteiger partial charge in [-0.1, -0.05) is 60.2 Å². The van der Waals surface area contributed by atoms with E-state index in [0.717, 1.165) is 11.1 Å². The SMILES string of the molecule is Cc1ccc(C(=O)C(CC(=O)O)NCc2ccccc2)cc1. The summed E-state index contributed by atoms with van der Waals surface area (Å²) in [6, 6.07) is 16.0. The van der Waals surface area contributed by atoms with Crippen LogP contribution in [0.4, 0.5) is 0 Å². The molecule has 1 atom stereocenters. The Bertz CT molecular complexity index is 635. The molecule has 0 aliphatic rings. The van der Waals surface area contributed by atoms with E-state index >= 15 is 0 Å². The number of carboxylic acids is 1. The molecule has 0 spiro atoms. The molecule has 2 aromatic carbocycles. The summed E-state index contributed by atoms with van der Waals surface area (Å²) >= 11 is 0. The molecule has 0 aromatic heterocycles. The summed E-state index contributed by atoms with van der Waals surface area (Å²) in [7, 11) is 0. The second-order valence-electron chi connectivity index (χ2n) is 5.25. The van der Waals surface area contributed by atoms with E-state index in [1.807, 2.05) is 49.4 Å². The van der Waals surface area contributed by atoms with Gasteiger partial charge in [0.1, 0.15) is 0 Å². The van der Waals surface area contributed by atoms with Crippen LogP contribution in [0.3, 0.4) is 0 Å². The van der Waals surface area contributed by atoms with Crippen LogP contribution in [0.2, 0.25) is 0 Å². The molecule has 22 heavy (non-hydrogen) atoms. The van der Waals surface area contributed by atoms with Crippen molar-refractivity contribution in [2.45, 2.75) is 25.9 Å². The molecule has 0 fully saturated rings. The predicted molar refractivity (Wildman–Crippen MR) is 84.8 cm³/mol. The number of hydrogen-bond acceptors (Lipinski definition) is 3. The normalized spacial score (nSPS) is 11.9. The molecule has 1 unspecified atom stereocenters. The number of carbonyl (C=O) groups excluding carboxylic acids is 1. The van der Waals surface area contributed by atoms with Crippen LogP contribution < -0.4 is 5.32 Å². The minimum Gasteiger partial charge on any atom is -0.481 e. The summed E-state index contributed by atoms with van der Waals surface area (Å²) in [6.45, 7) is 2.40. The van der Waals surface area contributed by atoms with Crippen molar-refractivity contribution >= 4 is 11.8 Å². The van der Waals surface area contributed by atoms with Crippen LogP contribution in [0.1, 0.15) is 27.9 Å². The zero-order chi connectivity index (χ0) is 15.9. The highest BCUT2D eigenvalue weighted by Gasteiger charge is 2.22. The van der Waals surface area contributed by atoms with E-state index in [4.69, 9.17) is 5.11 Å². The van der Waals surface area contributed by atoms with Gasteiger partial charge in [-0.25, -0.2) is 0 Å². The third-order valence-corrected chi connectivity index (χ3v) is 3.43. The molecule has 2 N–H and O–H groups in total. The lowest BCUT2D eigenvalue weighted by molar-refractivity contribution is -0.137. The number of rotatable bonds is 7. The first kappa shape index (κ1) is 15.9. The first-order valence-electron chi connectivity index (χ1n) is 7.16. The van der Waals surface area contributed by atoms with Gasteiger partial charge in [0.2, 0.25) is 0 Å². The molecule has 0 aliphatic carbocycles. The fourth-order valence-corrected chi connectivity index (χ4v) is 2.19. The van der Waals surface area contributed by atoms with E-state index in [0.29, 0.717) is 12.1 Å². The first-order chi connectivity index (χ1) is 10.6. The number of benzene rings is 2. The monoisotopic (exact) mass is 297 g/mol. The molecule has 2 aromatic rings. The fourth-order valence-electron chi connectivity index (χ4n) is 2.19. The van der Waals surface area contributed by atoms with E-state index in [9.17, 15) is 9.59 Å². The third-order valence-electron chi connectivity index (χ3n) is 3.43. The Labute approximate surface area is 129 Å². The van der Waals surface area contributed by atoms with Crippen molar-refractivity contribution in [3.8, 4) is 0 Å². The Balaban J connectivity index is 2.09. The smallest absolute Gasteiger partial charge is 0.305 e. The molecule has 0 amide bonds. The summed E-state index contributed by atoms with van der Waals surface area (Å²) in [5, 5.41) is 12.1. The molecule has 0 saturated carbocycles. The second kappa shape index (κ2) is 7.52. The molecule has 4 nitrogen and oxygen atoms in total. The Morgan fingerprint density at radius 1 is 1.05 bits per heavy atom. The first-order valence-corrected chi connectivity index (χ1v) is 7.16. The average Bonchev–Trinajstić information content (AvgIpc) is 2.52. The summed E-state index contributed by atoms with van der Waals surface area (Å²) in [6.07, 6.45) is -0.237. The third kappa shape index (κ3) is 4.53. The van der Waals surface area contributed by atoms with Crippen molar-refractivity contribution in [2.75, 3.05) is 0 Å². The molecule has 0 radical (unpaired) electrons. The average molecular weight is 297 g/mol. The maximum atomic E-state index is 12.5. The minimum atomic E-state index is -0.994. The fraction of sp³-hybridized carbons (Fsp3) is 0.222. The Kier molecular flexibility index (Phi) is 5.44. The molecule has 0 aliphatic heterocycles. The van der Waals surface area contributed by atoms with E-state index in [-0.39, 0.29) is 12.2 Å². The highest BCUT2D eigenvalue weighted by Crippen LogP contribution is 2.10. The largest absolute Gasteiger partial charge is 0.481 e. The van der Waals surface area contributed by atoms with Crippen molar-refractivity contribution in [2.24, 2.45) is 0 Å². The lowest BCUT2D eigenvalue weighted by Gasteiger charge is -2.16. The predicted octanol–water partition coefficient (Wildman–Crippen LogP) is 2.81. The van der Waals surface area contributed by atoms with Gasteiger partial charge in [-0.2, -0.15) is 0 Å². The molecule has 0 heterocycles. The maximum absolute atomic E-state index is 12.5. The number of aliphatic carboxylic acids is 1. The van der Waals surface area contributed by atoms with E-state index in [1.165, 1.54) is 0 Å². The van der Waals surface area contributed by atoms with Crippen LogP contribution in [0.5, 0.6) is 0 Å². The van der Waals surface area contributed by atoms with Crippen molar-refractivity contribution in [3.63, 3.8) is 0 Å². The van der Waals surface area contributed by atoms with Crippen LogP contribution in [0, 0.1) is 6.92 Å². The van der Waals surface area contributed by atoms with Gasteiger partial charge < -0.3 is 10.4 Å². The zero-order valence-electron chi connectivity index (χ0n) is 12.5. The van der Waals surface area contributed by atoms with Gasteiger partial charge in [-0.05, 0) is 12.5 Å². The van der Waals surface area contributed by atoms with Gasteiger partial charge >= 0.3 is 5.97 Å². The van der Waals surface area contributed by atoms with Gasteiger partial charge in [0.15, 0.2) is 5.78 Å². The Morgan fingerprint density at radius 3 is 2.27 bits per heavy atom. The summed E-state index contributed by atoms with van der Waals surface area (Å²) in [4.78, 5) is 23.5. The van der Waals surface area contributed by atoms with Crippen LogP contribution in [0.25, 0.3) is 0 Å². The van der Waals surface area contributed by atoms with Gasteiger partial charge in [-0.3, -0.25) is 9.59 Å². The van der Waals surface area contributed by atoms with Crippen LogP contribution in [0.15, 0.2) is 54.6 Å². The zero-order valence-corrected chi connectivity index (χ0v) is 12.5. The van der Waals surface area contributed by atoms with E-state index in [1.54, 1.807) is 12.1 Å². The molecule has 2 rings (SSSR count). The van der Waals surface area contributed by atoms with Crippen LogP contribution in [-0.2, 0) is 11.3 Å². The second-order valence-corrected chi connectivity index (χ2v) is 5.25. The van der Waals surface area contributed by atoms with Gasteiger partial charge in [0, 0.05) is 12.1 Å². The molecule has 4 heteroatoms. The number of carboxylic acid groups (broad SMARTS) is 1. The minimum absolute atomic E-state index is 0.196. The summed E-state index contributed by atoms with van der Waals surface area (Å²) in [5.74, 6) is -1.19. The van der Waals surface area contributed by atoms with Gasteiger partial charge in [-0.15, -0.1) is 0 Å². The van der Waals surface area contributed by atoms with Crippen molar-refractivity contribution in [1.82, 2.24) is 5.32 Å². The van der Waals surface area contributed by atoms with Crippen LogP contribution in [-0.4, -0.2) is 22.9 Å². The number of ketones is 1. The Morgan fingerprint density at radius 2 is 1.68 bits per heavy atom. The highest BCUT2D eigenvalue weighted by molar-refractivity contribution is 6.01. The lowest BCUT2D eigenvalue weighted by Crippen LogP contribution is -2.38.